The molecule has 16 heavy (non-hydrogen) atoms. The Labute approximate surface area is 94.2 Å². The first kappa shape index (κ1) is 9.60. The summed E-state index contributed by atoms with van der Waals surface area (Å²) in [5, 5.41) is 3.01. The molecule has 3 aliphatic rings. The zero-order chi connectivity index (χ0) is 11.2. The highest BCUT2D eigenvalue weighted by molar-refractivity contribution is 6.01. The maximum absolute atomic E-state index is 12.1. The fourth-order valence-electron chi connectivity index (χ4n) is 2.11. The fraction of sp³-hybridized carbons (Fsp3) is 0.308. The Balaban J connectivity index is 1.81. The first-order chi connectivity index (χ1) is 7.68. The van der Waals surface area contributed by atoms with E-state index in [4.69, 9.17) is 4.74 Å². The summed E-state index contributed by atoms with van der Waals surface area (Å²) in [6.07, 6.45) is 9.81. The Bertz CT molecular complexity index is 476. The molecule has 0 radical (unpaired) electrons. The summed E-state index contributed by atoms with van der Waals surface area (Å²) in [5.41, 5.74) is 2.72. The average molecular weight is 215 g/mol. The van der Waals surface area contributed by atoms with Crippen LogP contribution >= 0.6 is 0 Å². The van der Waals surface area contributed by atoms with E-state index in [1.165, 1.54) is 0 Å². The molecule has 1 N–H and O–H groups in total. The highest BCUT2D eigenvalue weighted by Gasteiger charge is 2.36. The summed E-state index contributed by atoms with van der Waals surface area (Å²) in [7, 11) is 0. The quantitative estimate of drug-likeness (QED) is 0.753. The standard InChI is InChI=1S/C13H13NO2/c1-13(7-16-8-13)14-12(15)11-6-5-9-3-2-4-10(9)11/h2-6H,7-8H2,1H3,(H,14,15). The number of amides is 1. The van der Waals surface area contributed by atoms with Gasteiger partial charge < -0.3 is 10.1 Å². The first-order valence-corrected chi connectivity index (χ1v) is 5.39. The number of ether oxygens (including phenoxy) is 1. The minimum Gasteiger partial charge on any atom is -0.376 e. The van der Waals surface area contributed by atoms with Crippen LogP contribution in [0.15, 0.2) is 47.1 Å². The molecule has 1 aliphatic heterocycles. The molecule has 0 saturated carbocycles. The van der Waals surface area contributed by atoms with Crippen molar-refractivity contribution in [3.8, 4) is 0 Å². The van der Waals surface area contributed by atoms with Gasteiger partial charge in [-0.2, -0.15) is 0 Å². The van der Waals surface area contributed by atoms with Gasteiger partial charge in [0.1, 0.15) is 0 Å². The summed E-state index contributed by atoms with van der Waals surface area (Å²) >= 11 is 0. The molecule has 1 fully saturated rings. The number of carbonyl (C=O) groups excluding carboxylic acids is 1. The summed E-state index contributed by atoms with van der Waals surface area (Å²) in [6.45, 7) is 3.20. The second-order valence-corrected chi connectivity index (χ2v) is 4.65. The average Bonchev–Trinajstić information content (AvgIpc) is 2.75. The van der Waals surface area contributed by atoms with Gasteiger partial charge in [0.2, 0.25) is 0 Å². The molecule has 2 aliphatic carbocycles. The van der Waals surface area contributed by atoms with Crippen LogP contribution in [0.3, 0.4) is 0 Å². The Morgan fingerprint density at radius 2 is 2.19 bits per heavy atom. The van der Waals surface area contributed by atoms with Crippen LogP contribution in [0.25, 0.3) is 0 Å². The lowest BCUT2D eigenvalue weighted by Crippen LogP contribution is -2.60. The van der Waals surface area contributed by atoms with Crippen LogP contribution in [0, 0.1) is 0 Å². The smallest absolute Gasteiger partial charge is 0.252 e. The number of allylic oxidation sites excluding steroid dienone is 6. The monoisotopic (exact) mass is 215 g/mol. The van der Waals surface area contributed by atoms with Crippen LogP contribution < -0.4 is 5.32 Å². The van der Waals surface area contributed by atoms with Crippen LogP contribution in [0.1, 0.15) is 6.92 Å². The molecule has 1 heterocycles. The normalized spacial score (nSPS) is 24.2. The van der Waals surface area contributed by atoms with Crippen LogP contribution in [0.5, 0.6) is 0 Å². The predicted molar refractivity (Wildman–Crippen MR) is 60.8 cm³/mol. The molecule has 0 spiro atoms. The van der Waals surface area contributed by atoms with Gasteiger partial charge in [-0.25, -0.2) is 0 Å². The van der Waals surface area contributed by atoms with Gasteiger partial charge in [0.25, 0.3) is 5.91 Å². The van der Waals surface area contributed by atoms with E-state index >= 15 is 0 Å². The second-order valence-electron chi connectivity index (χ2n) is 4.65. The molecular formula is C13H13NO2. The lowest BCUT2D eigenvalue weighted by atomic mass is 9.99. The summed E-state index contributed by atoms with van der Waals surface area (Å²) in [6, 6.07) is 0. The van der Waals surface area contributed by atoms with Gasteiger partial charge in [-0.3, -0.25) is 4.79 Å². The van der Waals surface area contributed by atoms with Crippen molar-refractivity contribution in [2.24, 2.45) is 0 Å². The van der Waals surface area contributed by atoms with Crippen molar-refractivity contribution < 1.29 is 9.53 Å². The topological polar surface area (TPSA) is 38.3 Å². The predicted octanol–water partition coefficient (Wildman–Crippen LogP) is 1.25. The van der Waals surface area contributed by atoms with Crippen LogP contribution in [-0.2, 0) is 9.53 Å². The van der Waals surface area contributed by atoms with Crippen LogP contribution in [0.4, 0.5) is 0 Å². The number of rotatable bonds is 2. The third-order valence-electron chi connectivity index (χ3n) is 3.07. The van der Waals surface area contributed by atoms with Gasteiger partial charge in [0.05, 0.1) is 18.8 Å². The number of hydrogen-bond donors (Lipinski definition) is 1. The molecule has 82 valence electrons. The third-order valence-corrected chi connectivity index (χ3v) is 3.07. The number of hydrogen-bond acceptors (Lipinski definition) is 2. The summed E-state index contributed by atoms with van der Waals surface area (Å²) < 4.78 is 5.11. The Morgan fingerprint density at radius 3 is 2.88 bits per heavy atom. The molecule has 1 amide bonds. The molecule has 1 saturated heterocycles. The summed E-state index contributed by atoms with van der Waals surface area (Å²) in [5.74, 6) is -0.00741. The van der Waals surface area contributed by atoms with E-state index in [0.717, 1.165) is 16.7 Å². The van der Waals surface area contributed by atoms with Crippen molar-refractivity contribution in [3.05, 3.63) is 47.1 Å². The van der Waals surface area contributed by atoms with Crippen molar-refractivity contribution >= 4 is 5.91 Å². The van der Waals surface area contributed by atoms with E-state index in [0.29, 0.717) is 13.2 Å². The molecule has 3 rings (SSSR count). The Kier molecular flexibility index (Phi) is 1.91. The highest BCUT2D eigenvalue weighted by Crippen LogP contribution is 2.30. The van der Waals surface area contributed by atoms with E-state index < -0.39 is 0 Å². The molecule has 3 heteroatoms. The van der Waals surface area contributed by atoms with Crippen molar-refractivity contribution in [1.29, 1.82) is 0 Å². The third kappa shape index (κ3) is 1.36. The first-order valence-electron chi connectivity index (χ1n) is 5.39. The Hall–Kier alpha value is -1.61. The molecule has 0 atom stereocenters. The number of nitrogens with one attached hydrogen (secondary N) is 1. The van der Waals surface area contributed by atoms with E-state index in [1.54, 1.807) is 0 Å². The maximum atomic E-state index is 12.1. The molecule has 0 unspecified atom stereocenters. The molecular weight excluding hydrogens is 202 g/mol. The highest BCUT2D eigenvalue weighted by atomic mass is 16.5. The minimum atomic E-state index is -0.187. The van der Waals surface area contributed by atoms with Crippen molar-refractivity contribution in [2.45, 2.75) is 12.5 Å². The number of carbonyl (C=O) groups is 1. The van der Waals surface area contributed by atoms with Crippen molar-refractivity contribution in [3.63, 3.8) is 0 Å². The van der Waals surface area contributed by atoms with Gasteiger partial charge in [-0.05, 0) is 24.1 Å². The molecule has 0 aromatic heterocycles. The summed E-state index contributed by atoms with van der Waals surface area (Å²) in [4.78, 5) is 12.1. The molecule has 0 aromatic rings. The lowest BCUT2D eigenvalue weighted by molar-refractivity contribution is -0.127. The SMILES string of the molecule is CC1(NC(=O)C2=C3C=CC=C3C=C2)COC1. The number of fused-ring (bicyclic) bond motifs is 1. The fourth-order valence-corrected chi connectivity index (χ4v) is 2.11. The largest absolute Gasteiger partial charge is 0.376 e. The van der Waals surface area contributed by atoms with Gasteiger partial charge in [0.15, 0.2) is 0 Å². The van der Waals surface area contributed by atoms with Crippen molar-refractivity contribution in [1.82, 2.24) is 5.32 Å². The Morgan fingerprint density at radius 1 is 1.38 bits per heavy atom. The van der Waals surface area contributed by atoms with E-state index in [-0.39, 0.29) is 11.4 Å². The van der Waals surface area contributed by atoms with Gasteiger partial charge in [0, 0.05) is 5.57 Å². The van der Waals surface area contributed by atoms with Crippen LogP contribution in [0.2, 0.25) is 0 Å². The second kappa shape index (κ2) is 3.19. The van der Waals surface area contributed by atoms with E-state index in [1.807, 2.05) is 37.3 Å². The van der Waals surface area contributed by atoms with Crippen molar-refractivity contribution in [2.75, 3.05) is 13.2 Å². The van der Waals surface area contributed by atoms with E-state index in [9.17, 15) is 4.79 Å². The molecule has 0 bridgehead atoms. The zero-order valence-electron chi connectivity index (χ0n) is 9.12. The van der Waals surface area contributed by atoms with E-state index in [2.05, 4.69) is 5.32 Å². The zero-order valence-corrected chi connectivity index (χ0v) is 9.12. The molecule has 0 aromatic carbocycles. The van der Waals surface area contributed by atoms with Crippen LogP contribution in [-0.4, -0.2) is 24.7 Å². The minimum absolute atomic E-state index is 0.00741. The van der Waals surface area contributed by atoms with Gasteiger partial charge in [-0.1, -0.05) is 24.3 Å². The van der Waals surface area contributed by atoms with Gasteiger partial charge >= 0.3 is 0 Å². The molecule has 3 nitrogen and oxygen atoms in total. The van der Waals surface area contributed by atoms with Gasteiger partial charge in [-0.15, -0.1) is 0 Å². The maximum Gasteiger partial charge on any atom is 0.252 e. The lowest BCUT2D eigenvalue weighted by Gasteiger charge is -2.38.